The van der Waals surface area contributed by atoms with Crippen molar-refractivity contribution in [2.45, 2.75) is 121 Å². The van der Waals surface area contributed by atoms with Crippen LogP contribution in [0.1, 0.15) is 134 Å². The Hall–Kier alpha value is -7.62. The number of carbonyl (C=O) groups excluding carboxylic acids is 7. The van der Waals surface area contributed by atoms with Crippen molar-refractivity contribution in [2.75, 3.05) is 43.1 Å². The van der Waals surface area contributed by atoms with Crippen LogP contribution in [-0.2, 0) is 30.5 Å². The van der Waals surface area contributed by atoms with Crippen LogP contribution in [0.4, 0.5) is 17.5 Å². The molecule has 1 fully saturated rings. The Labute approximate surface area is 410 Å². The fourth-order valence-corrected chi connectivity index (χ4v) is 8.49. The lowest BCUT2D eigenvalue weighted by Gasteiger charge is -2.29. The first-order chi connectivity index (χ1) is 33.9. The zero-order chi connectivity index (χ0) is 51.2. The van der Waals surface area contributed by atoms with Crippen molar-refractivity contribution in [3.63, 3.8) is 0 Å². The van der Waals surface area contributed by atoms with E-state index in [1.807, 2.05) is 11.9 Å². The molecule has 0 radical (unpaired) electrons. The second-order valence-corrected chi connectivity index (χ2v) is 18.2. The third kappa shape index (κ3) is 14.0. The number of amides is 6. The summed E-state index contributed by atoms with van der Waals surface area (Å²) in [6.07, 6.45) is 10.3. The van der Waals surface area contributed by atoms with Gasteiger partial charge in [-0.3, -0.25) is 53.9 Å². The molecule has 1 unspecified atom stereocenters. The Morgan fingerprint density at radius 2 is 1.52 bits per heavy atom. The molecule has 2 aliphatic heterocycles. The van der Waals surface area contributed by atoms with Gasteiger partial charge in [0, 0.05) is 44.2 Å². The zero-order valence-corrected chi connectivity index (χ0v) is 40.3. The van der Waals surface area contributed by atoms with Gasteiger partial charge in [-0.15, -0.1) is 0 Å². The number of hydrogen-bond donors (Lipinski definition) is 7. The Balaban J connectivity index is 0.786. The van der Waals surface area contributed by atoms with Crippen molar-refractivity contribution in [1.29, 1.82) is 0 Å². The predicted molar refractivity (Wildman–Crippen MR) is 261 cm³/mol. The molecule has 6 rings (SSSR count). The lowest BCUT2D eigenvalue weighted by atomic mass is 9.91. The van der Waals surface area contributed by atoms with Gasteiger partial charge in [-0.2, -0.15) is 9.97 Å². The van der Waals surface area contributed by atoms with Gasteiger partial charge in [0.2, 0.25) is 23.7 Å². The molecule has 2 aromatic carbocycles. The third-order valence-corrected chi connectivity index (χ3v) is 12.3. The molecule has 2 aliphatic rings. The molecule has 378 valence electrons. The standard InChI is InChI=1S/C49H62N12O10/c1-49(2,41(65)29-16-18-31(19-17-29)60(3)27-30-26-54-43-40(55-30)42(50)57-48(51)58-43)59-33(47(69)70)20-22-36(62)52-24-11-9-7-5-4-6-8-10-12-25-53-38(64)28-71-35-15-13-14-32-39(35)46(68)61(45(32)67)34-21-23-37(63)56-44(34)66/h13-19,26,33-34,59H,4-12,20-25,27-28H2,1-3H3,(H,52,62)(H,53,64)(H,69,70)(H,56,63,66)(H4,50,51,54,57,58)/t33-,34?/m0/s1. The number of Topliss-reactive ketones (excluding diaryl/α,β-unsaturated/α-hetero) is 1. The van der Waals surface area contributed by atoms with E-state index in [9.17, 15) is 43.5 Å². The number of nitrogens with two attached hydrogens (primary N) is 2. The molecule has 9 N–H and O–H groups in total. The van der Waals surface area contributed by atoms with Gasteiger partial charge < -0.3 is 36.8 Å². The number of carboxylic acids is 1. The minimum Gasteiger partial charge on any atom is -0.483 e. The monoisotopic (exact) mass is 978 g/mol. The second kappa shape index (κ2) is 24.3. The number of nitrogens with zero attached hydrogens (tertiary/aromatic N) is 6. The van der Waals surface area contributed by atoms with Crippen LogP contribution < -0.4 is 42.4 Å². The molecule has 2 aromatic heterocycles. The lowest BCUT2D eigenvalue weighted by Crippen LogP contribution is -2.54. The topological polar surface area (TPSA) is 324 Å². The summed E-state index contributed by atoms with van der Waals surface area (Å²) >= 11 is 0. The molecule has 22 heteroatoms. The number of anilines is 3. The van der Waals surface area contributed by atoms with Crippen molar-refractivity contribution >= 4 is 75.8 Å². The first kappa shape index (κ1) is 52.7. The number of aliphatic carboxylic acids is 1. The number of ketones is 1. The Bertz CT molecular complexity index is 2640. The molecule has 0 aliphatic carbocycles. The van der Waals surface area contributed by atoms with E-state index in [1.54, 1.807) is 44.3 Å². The van der Waals surface area contributed by atoms with Crippen LogP contribution >= 0.6 is 0 Å². The number of imide groups is 2. The molecular weight excluding hydrogens is 917 g/mol. The first-order valence-corrected chi connectivity index (χ1v) is 23.9. The number of nitrogen functional groups attached to an aromatic ring is 2. The van der Waals surface area contributed by atoms with Crippen molar-refractivity contribution in [1.82, 2.24) is 46.1 Å². The van der Waals surface area contributed by atoms with Gasteiger partial charge in [0.1, 0.15) is 17.8 Å². The molecular formula is C49H62N12O10. The van der Waals surface area contributed by atoms with Crippen LogP contribution in [-0.4, -0.2) is 122 Å². The van der Waals surface area contributed by atoms with E-state index in [-0.39, 0.29) is 78.5 Å². The van der Waals surface area contributed by atoms with E-state index in [0.29, 0.717) is 42.1 Å². The van der Waals surface area contributed by atoms with Crippen molar-refractivity contribution in [3.05, 3.63) is 71.0 Å². The number of unbranched alkanes of at least 4 members (excludes halogenated alkanes) is 8. The minimum absolute atomic E-state index is 0.00421. The summed E-state index contributed by atoms with van der Waals surface area (Å²) in [5, 5.41) is 20.7. The van der Waals surface area contributed by atoms with Crippen molar-refractivity contribution in [2.24, 2.45) is 0 Å². The van der Waals surface area contributed by atoms with Gasteiger partial charge >= 0.3 is 5.97 Å². The molecule has 2 atom stereocenters. The minimum atomic E-state index is -1.25. The quantitative estimate of drug-likeness (QED) is 0.0256. The van der Waals surface area contributed by atoms with E-state index in [4.69, 9.17) is 16.2 Å². The molecule has 0 saturated carbocycles. The molecule has 0 bridgehead atoms. The highest BCUT2D eigenvalue weighted by Crippen LogP contribution is 2.34. The van der Waals surface area contributed by atoms with Gasteiger partial charge in [0.25, 0.3) is 17.7 Å². The molecule has 1 saturated heterocycles. The summed E-state index contributed by atoms with van der Waals surface area (Å²) in [4.78, 5) is 121. The summed E-state index contributed by atoms with van der Waals surface area (Å²) < 4.78 is 5.64. The van der Waals surface area contributed by atoms with Crippen LogP contribution in [0.15, 0.2) is 48.7 Å². The van der Waals surface area contributed by atoms with Crippen LogP contribution in [0.3, 0.4) is 0 Å². The van der Waals surface area contributed by atoms with Crippen molar-refractivity contribution in [3.8, 4) is 5.75 Å². The number of benzene rings is 2. The van der Waals surface area contributed by atoms with Gasteiger partial charge in [-0.05, 0) is 75.9 Å². The van der Waals surface area contributed by atoms with Crippen LogP contribution in [0, 0.1) is 0 Å². The SMILES string of the molecule is CN(Cc1cnc2nc(N)nc(N)c2n1)c1ccc(C(=O)C(C)(C)N[C@@H](CCC(=O)NCCCCCCCCCCCNC(=O)COc2cccc3c2C(=O)N(C2CCC(=O)NC2=O)C3=O)C(=O)O)cc1. The van der Waals surface area contributed by atoms with Crippen LogP contribution in [0.2, 0.25) is 0 Å². The zero-order valence-electron chi connectivity index (χ0n) is 40.3. The van der Waals surface area contributed by atoms with E-state index in [2.05, 4.69) is 41.2 Å². The van der Waals surface area contributed by atoms with Crippen LogP contribution in [0.25, 0.3) is 11.2 Å². The van der Waals surface area contributed by atoms with Gasteiger partial charge in [-0.1, -0.05) is 51.0 Å². The average molecular weight is 979 g/mol. The maximum Gasteiger partial charge on any atom is 0.320 e. The Kier molecular flexibility index (Phi) is 18.0. The number of piperidine rings is 1. The van der Waals surface area contributed by atoms with Gasteiger partial charge in [0.05, 0.1) is 35.1 Å². The van der Waals surface area contributed by atoms with Gasteiger partial charge in [0.15, 0.2) is 29.4 Å². The smallest absolute Gasteiger partial charge is 0.320 e. The summed E-state index contributed by atoms with van der Waals surface area (Å²) in [6.45, 7) is 4.19. The number of carbonyl (C=O) groups is 8. The normalized spacial score (nSPS) is 15.0. The number of ether oxygens (including phenoxy) is 1. The van der Waals surface area contributed by atoms with E-state index < -0.39 is 47.2 Å². The summed E-state index contributed by atoms with van der Waals surface area (Å²) in [5.41, 5.74) is 12.9. The first-order valence-electron chi connectivity index (χ1n) is 23.9. The number of rotatable bonds is 27. The fourth-order valence-electron chi connectivity index (χ4n) is 8.49. The third-order valence-electron chi connectivity index (χ3n) is 12.3. The maximum atomic E-state index is 13.6. The predicted octanol–water partition coefficient (Wildman–Crippen LogP) is 3.23. The molecule has 4 aromatic rings. The highest BCUT2D eigenvalue weighted by atomic mass is 16.5. The Morgan fingerprint density at radius 1 is 0.873 bits per heavy atom. The van der Waals surface area contributed by atoms with Crippen LogP contribution in [0.5, 0.6) is 5.75 Å². The number of fused-ring (bicyclic) bond motifs is 2. The highest BCUT2D eigenvalue weighted by Gasteiger charge is 2.46. The molecule has 0 spiro atoms. The van der Waals surface area contributed by atoms with E-state index >= 15 is 0 Å². The molecule has 22 nitrogen and oxygen atoms in total. The number of carboxylic acid groups (broad SMARTS) is 1. The second-order valence-electron chi connectivity index (χ2n) is 18.2. The maximum absolute atomic E-state index is 13.6. The summed E-state index contributed by atoms with van der Waals surface area (Å²) in [5.74, 6) is -4.42. The molecule has 71 heavy (non-hydrogen) atoms. The van der Waals surface area contributed by atoms with E-state index in [1.165, 1.54) is 18.2 Å². The molecule has 4 heterocycles. The molecule has 6 amide bonds. The Morgan fingerprint density at radius 3 is 2.17 bits per heavy atom. The van der Waals surface area contributed by atoms with Crippen molar-refractivity contribution < 1.29 is 48.2 Å². The summed E-state index contributed by atoms with van der Waals surface area (Å²) in [7, 11) is 1.86. The number of aromatic nitrogens is 4. The number of hydrogen-bond acceptors (Lipinski definition) is 17. The highest BCUT2D eigenvalue weighted by molar-refractivity contribution is 6.24. The van der Waals surface area contributed by atoms with Gasteiger partial charge in [-0.25, -0.2) is 9.97 Å². The number of nitrogens with one attached hydrogen (secondary N) is 4. The average Bonchev–Trinajstić information content (AvgIpc) is 3.59. The summed E-state index contributed by atoms with van der Waals surface area (Å²) in [6, 6.07) is 9.17. The lowest BCUT2D eigenvalue weighted by molar-refractivity contribution is -0.140. The fraction of sp³-hybridized carbons (Fsp3) is 0.469. The van der Waals surface area contributed by atoms with E-state index in [0.717, 1.165) is 68.4 Å². The largest absolute Gasteiger partial charge is 0.483 e.